The number of rotatable bonds is 6. The van der Waals surface area contributed by atoms with Crippen molar-refractivity contribution in [3.8, 4) is 0 Å². The lowest BCUT2D eigenvalue weighted by atomic mass is 9.55. The van der Waals surface area contributed by atoms with Gasteiger partial charge in [-0.05, 0) is 168 Å². The van der Waals surface area contributed by atoms with E-state index in [1.807, 2.05) is 19.1 Å². The van der Waals surface area contributed by atoms with E-state index >= 15 is 9.59 Å². The molecule has 3 atom stereocenters. The Bertz CT molecular complexity index is 1860. The van der Waals surface area contributed by atoms with Gasteiger partial charge in [0.2, 0.25) is 10.0 Å². The predicted molar refractivity (Wildman–Crippen MR) is 199 cm³/mol. The number of hydrogen-bond donors (Lipinski definition) is 1. The van der Waals surface area contributed by atoms with Crippen LogP contribution < -0.4 is 5.32 Å². The number of carbonyl (C=O) groups excluding carboxylic acids is 2. The van der Waals surface area contributed by atoms with Crippen LogP contribution in [0, 0.1) is 72.5 Å². The summed E-state index contributed by atoms with van der Waals surface area (Å²) in [5, 5.41) is 3.79. The van der Waals surface area contributed by atoms with Crippen molar-refractivity contribution in [2.75, 3.05) is 18.4 Å². The molecule has 0 unspecified atom stereocenters. The molecule has 9 saturated carbocycles. The normalized spacial score (nSPS) is 44.3. The van der Waals surface area contributed by atoms with Crippen molar-refractivity contribution in [3.05, 3.63) is 59.2 Å². The van der Waals surface area contributed by atoms with Gasteiger partial charge in [0.25, 0.3) is 0 Å². The Morgan fingerprint density at radius 3 is 1.75 bits per heavy atom. The lowest BCUT2D eigenvalue weighted by Crippen LogP contribution is -2.59. The first-order chi connectivity index (χ1) is 25.5. The lowest BCUT2D eigenvalue weighted by molar-refractivity contribution is -0.199. The Morgan fingerprint density at radius 1 is 0.717 bits per heavy atom. The molecule has 0 amide bonds. The average molecular weight is 739 g/mol. The van der Waals surface area contributed by atoms with Crippen LogP contribution in [0.4, 0.5) is 5.69 Å². The summed E-state index contributed by atoms with van der Waals surface area (Å²) in [6, 6.07) is 12.9. The van der Waals surface area contributed by atoms with E-state index in [-0.39, 0.29) is 36.0 Å². The van der Waals surface area contributed by atoms with Gasteiger partial charge in [-0.2, -0.15) is 4.31 Å². The fraction of sp³-hybridized carbons (Fsp3) is 0.682. The highest BCUT2D eigenvalue weighted by molar-refractivity contribution is 7.89. The van der Waals surface area contributed by atoms with Crippen molar-refractivity contribution >= 4 is 27.6 Å². The van der Waals surface area contributed by atoms with Gasteiger partial charge in [0.15, 0.2) is 5.41 Å². The number of nitrogens with one attached hydrogen (secondary N) is 1. The van der Waals surface area contributed by atoms with E-state index in [2.05, 4.69) is 30.4 Å². The Kier molecular flexibility index (Phi) is 7.29. The molecular weight excluding hydrogens is 685 g/mol. The Hall–Kier alpha value is -2.91. The second-order valence-electron chi connectivity index (χ2n) is 19.6. The van der Waals surface area contributed by atoms with E-state index in [1.54, 1.807) is 16.4 Å². The second-order valence-corrected chi connectivity index (χ2v) is 21.5. The zero-order valence-electron chi connectivity index (χ0n) is 31.2. The highest BCUT2D eigenvalue weighted by Crippen LogP contribution is 2.66. The van der Waals surface area contributed by atoms with Crippen molar-refractivity contribution in [1.82, 2.24) is 4.31 Å². The Balaban J connectivity index is 0.997. The first-order valence-corrected chi connectivity index (χ1v) is 22.3. The number of anilines is 1. The molecule has 8 bridgehead atoms. The van der Waals surface area contributed by atoms with Crippen LogP contribution in [0.2, 0.25) is 0 Å². The van der Waals surface area contributed by atoms with Crippen LogP contribution in [0.1, 0.15) is 93.7 Å². The highest BCUT2D eigenvalue weighted by atomic mass is 32.2. The van der Waals surface area contributed by atoms with E-state index in [0.29, 0.717) is 36.6 Å². The van der Waals surface area contributed by atoms with Crippen LogP contribution in [0.15, 0.2) is 47.4 Å². The minimum Gasteiger partial charge on any atom is -0.461 e. The first-order valence-electron chi connectivity index (χ1n) is 20.9. The molecule has 0 radical (unpaired) electrons. The van der Waals surface area contributed by atoms with Crippen molar-refractivity contribution < 1.29 is 27.5 Å². The molecule has 2 aromatic carbocycles. The number of aryl methyl sites for hydroxylation is 2. The van der Waals surface area contributed by atoms with Crippen molar-refractivity contribution in [2.24, 2.45) is 58.7 Å². The maximum atomic E-state index is 15.5. The zero-order chi connectivity index (χ0) is 36.0. The molecule has 2 heterocycles. The summed E-state index contributed by atoms with van der Waals surface area (Å²) in [4.78, 5) is 31.3. The fourth-order valence-corrected chi connectivity index (χ4v) is 16.3. The predicted octanol–water partition coefficient (Wildman–Crippen LogP) is 7.17. The number of fused-ring (bicyclic) bond motifs is 1. The molecule has 13 rings (SSSR count). The number of carbonyl (C=O) groups is 2. The van der Waals surface area contributed by atoms with Crippen LogP contribution >= 0.6 is 0 Å². The SMILES string of the molecule is Cc1ccc(S(=O)(=O)N2CC[C@]34c5cc(C)ccc5N[C@H]3C(C(=O)OC3C5CC6CC(C5)CC3C6)(C(=O)OC3C5CC6CC(C5)CC3C6)C[C@H]4C2)cc1. The van der Waals surface area contributed by atoms with Crippen LogP contribution in [0.25, 0.3) is 0 Å². The molecule has 282 valence electrons. The van der Waals surface area contributed by atoms with Gasteiger partial charge in [0.1, 0.15) is 12.2 Å². The maximum absolute atomic E-state index is 15.5. The Morgan fingerprint density at radius 2 is 1.23 bits per heavy atom. The van der Waals surface area contributed by atoms with Crippen LogP contribution in [-0.2, 0) is 34.5 Å². The van der Waals surface area contributed by atoms with Crippen molar-refractivity contribution in [3.63, 3.8) is 0 Å². The molecule has 2 aliphatic heterocycles. The summed E-state index contributed by atoms with van der Waals surface area (Å²) in [5.74, 6) is 3.23. The first kappa shape index (κ1) is 33.4. The highest BCUT2D eigenvalue weighted by Gasteiger charge is 2.75. The van der Waals surface area contributed by atoms with E-state index in [0.717, 1.165) is 97.4 Å². The van der Waals surface area contributed by atoms with Crippen molar-refractivity contribution in [2.45, 2.75) is 119 Å². The number of nitrogens with zero attached hydrogens (tertiary/aromatic N) is 1. The summed E-state index contributed by atoms with van der Waals surface area (Å²) < 4.78 is 43.8. The Labute approximate surface area is 314 Å². The van der Waals surface area contributed by atoms with Crippen LogP contribution in [0.3, 0.4) is 0 Å². The van der Waals surface area contributed by atoms with Gasteiger partial charge >= 0.3 is 11.9 Å². The van der Waals surface area contributed by atoms with Crippen LogP contribution in [0.5, 0.6) is 0 Å². The number of esters is 2. The second kappa shape index (κ2) is 11.6. The topological polar surface area (TPSA) is 102 Å². The number of ether oxygens (including phenoxy) is 2. The molecule has 11 aliphatic rings. The van der Waals surface area contributed by atoms with Gasteiger partial charge in [-0.25, -0.2) is 8.42 Å². The number of sulfonamides is 1. The van der Waals surface area contributed by atoms with Gasteiger partial charge in [0, 0.05) is 24.2 Å². The molecule has 10 fully saturated rings. The molecule has 9 heteroatoms. The standard InChI is InChI=1S/C44H54N2O6S/c1-24-3-6-35(7-4-24)53(49,50)46-10-9-43-34(23-46)22-44(40(43)45-37-8-5-25(2)11-36(37)43,41(47)51-38-30-14-26-12-27(16-30)17-31(38)15-26)42(48)52-39-32-18-28-13-29(20-32)21-33(39)19-28/h3-8,11,26-34,38-40,45H,9-10,12-23H2,1-2H3/t26?,27?,28?,29?,30?,31?,32?,33?,34-,38?,39?,40+,43-,44?/m0/s1. The molecular formula is C44H54N2O6S. The summed E-state index contributed by atoms with van der Waals surface area (Å²) in [6.07, 6.45) is 11.9. The van der Waals surface area contributed by atoms with Gasteiger partial charge in [-0.3, -0.25) is 9.59 Å². The lowest BCUT2D eigenvalue weighted by Gasteiger charge is -2.54. The molecule has 9 aliphatic carbocycles. The summed E-state index contributed by atoms with van der Waals surface area (Å²) in [7, 11) is -3.80. The molecule has 1 N–H and O–H groups in total. The molecule has 1 spiro atoms. The van der Waals surface area contributed by atoms with Gasteiger partial charge in [-0.1, -0.05) is 35.4 Å². The summed E-state index contributed by atoms with van der Waals surface area (Å²) >= 11 is 0. The number of hydrogen-bond acceptors (Lipinski definition) is 7. The fourth-order valence-electron chi connectivity index (χ4n) is 14.8. The number of piperidine rings is 1. The third kappa shape index (κ3) is 4.77. The van der Waals surface area contributed by atoms with Gasteiger partial charge in [-0.15, -0.1) is 0 Å². The third-order valence-corrected chi connectivity index (χ3v) is 18.5. The third-order valence-electron chi connectivity index (χ3n) is 16.6. The largest absolute Gasteiger partial charge is 0.461 e. The quantitative estimate of drug-likeness (QED) is 0.248. The molecule has 53 heavy (non-hydrogen) atoms. The van der Waals surface area contributed by atoms with E-state index in [4.69, 9.17) is 9.47 Å². The zero-order valence-corrected chi connectivity index (χ0v) is 32.0. The van der Waals surface area contributed by atoms with E-state index in [1.165, 1.54) is 12.8 Å². The van der Waals surface area contributed by atoms with Gasteiger partial charge < -0.3 is 14.8 Å². The number of benzene rings is 2. The smallest absolute Gasteiger partial charge is 0.325 e. The minimum absolute atomic E-state index is 0.163. The molecule has 8 nitrogen and oxygen atoms in total. The monoisotopic (exact) mass is 738 g/mol. The van der Waals surface area contributed by atoms with E-state index in [9.17, 15) is 8.42 Å². The molecule has 0 aromatic heterocycles. The van der Waals surface area contributed by atoms with Gasteiger partial charge in [0.05, 0.1) is 10.9 Å². The van der Waals surface area contributed by atoms with E-state index < -0.39 is 38.8 Å². The molecule has 1 saturated heterocycles. The van der Waals surface area contributed by atoms with Crippen molar-refractivity contribution in [1.29, 1.82) is 0 Å². The summed E-state index contributed by atoms with van der Waals surface area (Å²) in [6.45, 7) is 4.58. The summed E-state index contributed by atoms with van der Waals surface area (Å²) in [5.41, 5.74) is 1.96. The average Bonchev–Trinajstić information content (AvgIpc) is 3.60. The minimum atomic E-state index is -3.80. The maximum Gasteiger partial charge on any atom is 0.325 e. The van der Waals surface area contributed by atoms with Crippen LogP contribution in [-0.4, -0.2) is 56.0 Å². The molecule has 2 aromatic rings.